The van der Waals surface area contributed by atoms with Crippen molar-refractivity contribution in [2.45, 2.75) is 23.6 Å². The average Bonchev–Trinajstić information content (AvgIpc) is 2.87. The number of guanidine groups is 1. The molecule has 8 nitrogen and oxygen atoms in total. The van der Waals surface area contributed by atoms with Crippen molar-refractivity contribution in [3.05, 3.63) is 90.3 Å². The van der Waals surface area contributed by atoms with E-state index in [-0.39, 0.29) is 17.9 Å². The second-order valence-corrected chi connectivity index (χ2v) is 9.15. The van der Waals surface area contributed by atoms with Crippen LogP contribution in [0.5, 0.6) is 5.75 Å². The smallest absolute Gasteiger partial charge is 0.333 e. The van der Waals surface area contributed by atoms with Crippen LogP contribution in [0.4, 0.5) is 27.8 Å². The molecule has 9 heteroatoms. The Morgan fingerprint density at radius 1 is 0.889 bits per heavy atom. The molecule has 0 bridgehead atoms. The Balaban J connectivity index is 1.52. The van der Waals surface area contributed by atoms with Gasteiger partial charge in [-0.2, -0.15) is 4.99 Å². The van der Waals surface area contributed by atoms with Gasteiger partial charge >= 0.3 is 6.03 Å². The quantitative estimate of drug-likeness (QED) is 0.259. The summed E-state index contributed by atoms with van der Waals surface area (Å²) in [6.07, 6.45) is 0. The van der Waals surface area contributed by atoms with E-state index >= 15 is 0 Å². The van der Waals surface area contributed by atoms with Crippen LogP contribution in [0.25, 0.3) is 0 Å². The van der Waals surface area contributed by atoms with E-state index in [1.165, 1.54) is 0 Å². The van der Waals surface area contributed by atoms with Gasteiger partial charge in [0.25, 0.3) is 5.95 Å². The SMILES string of the molecule is COc1ccc(NC(=Nc2nc(C)cc(C)n2)NC(=O)N2c3ccccc3Sc3ccccc32)cc1. The van der Waals surface area contributed by atoms with Gasteiger partial charge in [-0.15, -0.1) is 0 Å². The lowest BCUT2D eigenvalue weighted by molar-refractivity contribution is 0.252. The standard InChI is InChI=1S/C27H24N6O2S/c1-17-16-18(2)29-25(28-17)31-26(30-19-12-14-20(35-3)15-13-19)32-27(34)33-21-8-4-6-10-23(21)36-24-11-7-5-9-22(24)33/h4-16H,1-3H3,(H2,28,29,30,31,32,34). The zero-order chi connectivity index (χ0) is 25.1. The third-order valence-corrected chi connectivity index (χ3v) is 6.53. The molecule has 3 aromatic carbocycles. The first-order valence-electron chi connectivity index (χ1n) is 11.3. The number of benzene rings is 3. The van der Waals surface area contributed by atoms with Crippen molar-refractivity contribution in [1.82, 2.24) is 15.3 Å². The number of hydrogen-bond donors (Lipinski definition) is 2. The van der Waals surface area contributed by atoms with Gasteiger partial charge in [0.15, 0.2) is 0 Å². The number of urea groups is 1. The number of anilines is 3. The molecule has 1 aliphatic heterocycles. The molecule has 0 atom stereocenters. The normalized spacial score (nSPS) is 12.4. The lowest BCUT2D eigenvalue weighted by Crippen LogP contribution is -2.44. The van der Waals surface area contributed by atoms with E-state index < -0.39 is 0 Å². The van der Waals surface area contributed by atoms with Crippen molar-refractivity contribution >= 4 is 46.8 Å². The number of aliphatic imine (C=N–C) groups is 1. The Hall–Kier alpha value is -4.37. The molecule has 2 amide bonds. The summed E-state index contributed by atoms with van der Waals surface area (Å²) in [5.41, 5.74) is 3.88. The van der Waals surface area contributed by atoms with Crippen LogP contribution in [0.15, 0.2) is 93.6 Å². The van der Waals surface area contributed by atoms with E-state index in [2.05, 4.69) is 25.6 Å². The van der Waals surface area contributed by atoms with Crippen molar-refractivity contribution in [3.63, 3.8) is 0 Å². The molecule has 0 spiro atoms. The van der Waals surface area contributed by atoms with Gasteiger partial charge in [-0.05, 0) is 68.4 Å². The average molecular weight is 497 g/mol. The molecule has 0 aliphatic carbocycles. The summed E-state index contributed by atoms with van der Waals surface area (Å²) in [4.78, 5) is 30.8. The zero-order valence-corrected chi connectivity index (χ0v) is 20.8. The molecule has 0 fully saturated rings. The molecule has 5 rings (SSSR count). The monoisotopic (exact) mass is 496 g/mol. The number of rotatable bonds is 3. The predicted molar refractivity (Wildman–Crippen MR) is 143 cm³/mol. The summed E-state index contributed by atoms with van der Waals surface area (Å²) in [6.45, 7) is 3.75. The van der Waals surface area contributed by atoms with Gasteiger partial charge in [-0.3, -0.25) is 10.2 Å². The number of carbonyl (C=O) groups is 1. The molecule has 2 heterocycles. The summed E-state index contributed by atoms with van der Waals surface area (Å²) >= 11 is 1.64. The fourth-order valence-corrected chi connectivity index (χ4v) is 4.89. The summed E-state index contributed by atoms with van der Waals surface area (Å²) in [6, 6.07) is 24.5. The maximum Gasteiger partial charge on any atom is 0.333 e. The number of methoxy groups -OCH3 is 1. The Kier molecular flexibility index (Phi) is 6.55. The first-order chi connectivity index (χ1) is 17.5. The second kappa shape index (κ2) is 10.1. The molecule has 0 saturated heterocycles. The number of nitrogens with one attached hydrogen (secondary N) is 2. The maximum absolute atomic E-state index is 13.8. The van der Waals surface area contributed by atoms with Crippen LogP contribution >= 0.6 is 11.8 Å². The van der Waals surface area contributed by atoms with E-state index in [1.54, 1.807) is 23.8 Å². The lowest BCUT2D eigenvalue weighted by Gasteiger charge is -2.31. The van der Waals surface area contributed by atoms with Gasteiger partial charge in [0.2, 0.25) is 5.96 Å². The van der Waals surface area contributed by atoms with E-state index in [0.29, 0.717) is 5.69 Å². The van der Waals surface area contributed by atoms with Crippen molar-refractivity contribution in [2.75, 3.05) is 17.3 Å². The number of amides is 2. The van der Waals surface area contributed by atoms with Gasteiger partial charge in [0.05, 0.1) is 18.5 Å². The zero-order valence-electron chi connectivity index (χ0n) is 20.0. The molecule has 0 radical (unpaired) electrons. The van der Waals surface area contributed by atoms with Crippen molar-refractivity contribution in [2.24, 2.45) is 4.99 Å². The van der Waals surface area contributed by atoms with Crippen LogP contribution in [0.2, 0.25) is 0 Å². The summed E-state index contributed by atoms with van der Waals surface area (Å²) in [7, 11) is 1.61. The highest BCUT2D eigenvalue weighted by Crippen LogP contribution is 2.47. The van der Waals surface area contributed by atoms with Gasteiger partial charge < -0.3 is 10.1 Å². The molecular formula is C27H24N6O2S. The summed E-state index contributed by atoms with van der Waals surface area (Å²) < 4.78 is 5.25. The third-order valence-electron chi connectivity index (χ3n) is 5.40. The highest BCUT2D eigenvalue weighted by molar-refractivity contribution is 7.99. The molecular weight excluding hydrogens is 472 g/mol. The van der Waals surface area contributed by atoms with Crippen molar-refractivity contribution in [3.8, 4) is 5.75 Å². The molecule has 1 aromatic heterocycles. The predicted octanol–water partition coefficient (Wildman–Crippen LogP) is 6.21. The molecule has 0 saturated carbocycles. The number of hydrogen-bond acceptors (Lipinski definition) is 6. The topological polar surface area (TPSA) is 91.7 Å². The number of aryl methyl sites for hydroxylation is 2. The van der Waals surface area contributed by atoms with E-state index in [9.17, 15) is 4.79 Å². The van der Waals surface area contributed by atoms with Crippen LogP contribution in [-0.4, -0.2) is 29.1 Å². The maximum atomic E-state index is 13.8. The van der Waals surface area contributed by atoms with Gasteiger partial charge in [-0.1, -0.05) is 36.0 Å². The lowest BCUT2D eigenvalue weighted by atomic mass is 10.2. The number of para-hydroxylation sites is 2. The van der Waals surface area contributed by atoms with Gasteiger partial charge in [-0.25, -0.2) is 14.8 Å². The van der Waals surface area contributed by atoms with Crippen LogP contribution < -0.4 is 20.3 Å². The van der Waals surface area contributed by atoms with Crippen molar-refractivity contribution in [1.29, 1.82) is 0 Å². The Bertz CT molecular complexity index is 1390. The molecule has 4 aromatic rings. The Labute approximate surface area is 213 Å². The second-order valence-electron chi connectivity index (χ2n) is 8.07. The van der Waals surface area contributed by atoms with E-state index in [0.717, 1.165) is 38.3 Å². The van der Waals surface area contributed by atoms with Gasteiger partial charge in [0, 0.05) is 26.9 Å². The third kappa shape index (κ3) is 5.01. The Morgan fingerprint density at radius 2 is 1.47 bits per heavy atom. The fourth-order valence-electron chi connectivity index (χ4n) is 3.84. The number of nitrogens with zero attached hydrogens (tertiary/aromatic N) is 4. The minimum Gasteiger partial charge on any atom is -0.497 e. The molecule has 2 N–H and O–H groups in total. The highest BCUT2D eigenvalue weighted by atomic mass is 32.2. The van der Waals surface area contributed by atoms with E-state index in [4.69, 9.17) is 4.74 Å². The van der Waals surface area contributed by atoms with Gasteiger partial charge in [0.1, 0.15) is 5.75 Å². The minimum atomic E-state index is -0.362. The van der Waals surface area contributed by atoms with Crippen LogP contribution in [0, 0.1) is 13.8 Å². The van der Waals surface area contributed by atoms with Crippen LogP contribution in [0.1, 0.15) is 11.4 Å². The molecule has 36 heavy (non-hydrogen) atoms. The number of carbonyl (C=O) groups excluding carboxylic acids is 1. The highest BCUT2D eigenvalue weighted by Gasteiger charge is 2.28. The largest absolute Gasteiger partial charge is 0.497 e. The number of aromatic nitrogens is 2. The first-order valence-corrected chi connectivity index (χ1v) is 12.1. The van der Waals surface area contributed by atoms with Crippen molar-refractivity contribution < 1.29 is 9.53 Å². The fraction of sp³-hybridized carbons (Fsp3) is 0.111. The number of fused-ring (bicyclic) bond motifs is 2. The summed E-state index contributed by atoms with van der Waals surface area (Å²) in [5.74, 6) is 1.17. The minimum absolute atomic E-state index is 0.198. The van der Waals surface area contributed by atoms with Crippen LogP contribution in [-0.2, 0) is 0 Å². The first kappa shape index (κ1) is 23.4. The molecule has 1 aliphatic rings. The Morgan fingerprint density at radius 3 is 2.06 bits per heavy atom. The number of ether oxygens (including phenoxy) is 1. The summed E-state index contributed by atoms with van der Waals surface area (Å²) in [5, 5.41) is 6.12. The van der Waals surface area contributed by atoms with Crippen LogP contribution in [0.3, 0.4) is 0 Å². The molecule has 180 valence electrons. The van der Waals surface area contributed by atoms with E-state index in [1.807, 2.05) is 92.7 Å². The molecule has 0 unspecified atom stereocenters.